The van der Waals surface area contributed by atoms with Gasteiger partial charge in [-0.1, -0.05) is 30.4 Å². The van der Waals surface area contributed by atoms with Crippen molar-refractivity contribution in [2.45, 2.75) is 0 Å². The third-order valence-corrected chi connectivity index (χ3v) is 2.81. The summed E-state index contributed by atoms with van der Waals surface area (Å²) in [5.74, 6) is 0.720. The number of non-ortho nitro benzene ring substituents is 1. The Balaban J connectivity index is 2.15. The van der Waals surface area contributed by atoms with Crippen molar-refractivity contribution in [1.29, 1.82) is 0 Å². The van der Waals surface area contributed by atoms with Gasteiger partial charge in [0.25, 0.3) is 5.69 Å². The van der Waals surface area contributed by atoms with Crippen molar-refractivity contribution in [3.63, 3.8) is 0 Å². The van der Waals surface area contributed by atoms with Crippen LogP contribution in [0.25, 0.3) is 12.2 Å². The Morgan fingerprint density at radius 2 is 1.81 bits per heavy atom. The van der Waals surface area contributed by atoms with Crippen LogP contribution in [-0.2, 0) is 4.74 Å². The maximum absolute atomic E-state index is 10.6. The number of nitrogens with zero attached hydrogens (tertiary/aromatic N) is 1. The second kappa shape index (κ2) is 7.21. The Kier molecular flexibility index (Phi) is 5.06. The minimum Gasteiger partial charge on any atom is -0.467 e. The fourth-order valence-corrected chi connectivity index (χ4v) is 1.77. The zero-order valence-electron chi connectivity index (χ0n) is 11.6. The molecule has 0 fully saturated rings. The van der Waals surface area contributed by atoms with E-state index in [2.05, 4.69) is 0 Å². The quantitative estimate of drug-likeness (QED) is 0.351. The first-order valence-corrected chi connectivity index (χ1v) is 6.34. The molecule has 0 atom stereocenters. The maximum atomic E-state index is 10.6. The maximum Gasteiger partial charge on any atom is 0.269 e. The van der Waals surface area contributed by atoms with Crippen LogP contribution < -0.4 is 4.74 Å². The summed E-state index contributed by atoms with van der Waals surface area (Å²) in [5, 5.41) is 10.6. The van der Waals surface area contributed by atoms with Crippen molar-refractivity contribution in [2.75, 3.05) is 13.9 Å². The molecule has 0 spiro atoms. The molecule has 0 heterocycles. The second-order valence-electron chi connectivity index (χ2n) is 4.27. The molecule has 0 saturated carbocycles. The van der Waals surface area contributed by atoms with Crippen molar-refractivity contribution < 1.29 is 14.4 Å². The lowest BCUT2D eigenvalue weighted by Gasteiger charge is -2.07. The van der Waals surface area contributed by atoms with Gasteiger partial charge in [0, 0.05) is 24.8 Å². The van der Waals surface area contributed by atoms with Crippen LogP contribution >= 0.6 is 0 Å². The standard InChI is InChI=1S/C16H15NO4/c1-20-12-21-16-5-3-2-4-14(16)9-6-13-7-10-15(11-8-13)17(18)19/h2-11H,12H2,1H3/b9-6+. The van der Waals surface area contributed by atoms with E-state index in [9.17, 15) is 10.1 Å². The predicted octanol–water partition coefficient (Wildman–Crippen LogP) is 3.75. The van der Waals surface area contributed by atoms with Crippen LogP contribution in [0, 0.1) is 10.1 Å². The molecule has 21 heavy (non-hydrogen) atoms. The molecular weight excluding hydrogens is 270 g/mol. The topological polar surface area (TPSA) is 61.6 Å². The number of nitro groups is 1. The summed E-state index contributed by atoms with van der Waals surface area (Å²) in [4.78, 5) is 10.2. The summed E-state index contributed by atoms with van der Waals surface area (Å²) in [5.41, 5.74) is 1.87. The van der Waals surface area contributed by atoms with Gasteiger partial charge in [-0.2, -0.15) is 0 Å². The highest BCUT2D eigenvalue weighted by atomic mass is 16.7. The fraction of sp³-hybridized carbons (Fsp3) is 0.125. The molecule has 0 aromatic heterocycles. The molecule has 108 valence electrons. The van der Waals surface area contributed by atoms with Crippen molar-refractivity contribution in [3.8, 4) is 5.75 Å². The first kappa shape index (κ1) is 14.7. The van der Waals surface area contributed by atoms with Crippen LogP contribution in [0.4, 0.5) is 5.69 Å². The Morgan fingerprint density at radius 1 is 1.10 bits per heavy atom. The van der Waals surface area contributed by atoms with Gasteiger partial charge in [-0.15, -0.1) is 0 Å². The lowest BCUT2D eigenvalue weighted by Crippen LogP contribution is -1.99. The number of nitro benzene ring substituents is 1. The summed E-state index contributed by atoms with van der Waals surface area (Å²) in [7, 11) is 1.56. The van der Waals surface area contributed by atoms with Crippen LogP contribution in [0.3, 0.4) is 0 Å². The molecule has 0 N–H and O–H groups in total. The lowest BCUT2D eigenvalue weighted by molar-refractivity contribution is -0.384. The molecule has 0 aliphatic carbocycles. The molecule has 2 aromatic carbocycles. The fourth-order valence-electron chi connectivity index (χ4n) is 1.77. The molecule has 0 bridgehead atoms. The molecule has 0 aliphatic heterocycles. The Labute approximate surface area is 122 Å². The SMILES string of the molecule is COCOc1ccccc1/C=C/c1ccc([N+](=O)[O-])cc1. The highest BCUT2D eigenvalue weighted by molar-refractivity contribution is 5.72. The molecule has 0 amide bonds. The normalized spacial score (nSPS) is 10.7. The largest absolute Gasteiger partial charge is 0.467 e. The Hall–Kier alpha value is -2.66. The van der Waals surface area contributed by atoms with E-state index in [1.807, 2.05) is 36.4 Å². The van der Waals surface area contributed by atoms with Crippen molar-refractivity contribution >= 4 is 17.8 Å². The molecule has 5 heteroatoms. The van der Waals surface area contributed by atoms with Gasteiger partial charge in [-0.25, -0.2) is 0 Å². The summed E-state index contributed by atoms with van der Waals surface area (Å²) < 4.78 is 10.4. The van der Waals surface area contributed by atoms with Crippen LogP contribution in [0.2, 0.25) is 0 Å². The average Bonchev–Trinajstić information content (AvgIpc) is 2.52. The molecule has 0 radical (unpaired) electrons. The number of methoxy groups -OCH3 is 1. The third-order valence-electron chi connectivity index (χ3n) is 2.81. The number of para-hydroxylation sites is 1. The number of hydrogen-bond donors (Lipinski definition) is 0. The lowest BCUT2D eigenvalue weighted by atomic mass is 10.1. The van der Waals surface area contributed by atoms with Crippen molar-refractivity contribution in [1.82, 2.24) is 0 Å². The van der Waals surface area contributed by atoms with Gasteiger partial charge in [0.2, 0.25) is 0 Å². The van der Waals surface area contributed by atoms with E-state index in [1.165, 1.54) is 12.1 Å². The summed E-state index contributed by atoms with van der Waals surface area (Å²) >= 11 is 0. The van der Waals surface area contributed by atoms with E-state index in [0.29, 0.717) is 0 Å². The van der Waals surface area contributed by atoms with Crippen LogP contribution in [0.15, 0.2) is 48.5 Å². The van der Waals surface area contributed by atoms with E-state index in [1.54, 1.807) is 19.2 Å². The van der Waals surface area contributed by atoms with Crippen molar-refractivity contribution in [2.24, 2.45) is 0 Å². The van der Waals surface area contributed by atoms with Gasteiger partial charge < -0.3 is 9.47 Å². The first-order valence-electron chi connectivity index (χ1n) is 6.34. The van der Waals surface area contributed by atoms with E-state index < -0.39 is 4.92 Å². The summed E-state index contributed by atoms with van der Waals surface area (Å²) in [6.45, 7) is 0.183. The molecule has 0 saturated heterocycles. The number of rotatable bonds is 6. The van der Waals surface area contributed by atoms with E-state index in [4.69, 9.17) is 9.47 Å². The number of ether oxygens (including phenoxy) is 2. The minimum atomic E-state index is -0.415. The predicted molar refractivity (Wildman–Crippen MR) is 81.0 cm³/mol. The van der Waals surface area contributed by atoms with Gasteiger partial charge in [0.1, 0.15) is 5.75 Å². The molecule has 0 unspecified atom stereocenters. The molecule has 2 aromatic rings. The summed E-state index contributed by atoms with van der Waals surface area (Å²) in [6.07, 6.45) is 3.77. The number of hydrogen-bond acceptors (Lipinski definition) is 4. The zero-order chi connectivity index (χ0) is 15.1. The first-order chi connectivity index (χ1) is 10.2. The average molecular weight is 285 g/mol. The van der Waals surface area contributed by atoms with Gasteiger partial charge >= 0.3 is 0 Å². The summed E-state index contributed by atoms with van der Waals surface area (Å²) in [6, 6.07) is 13.9. The van der Waals surface area contributed by atoms with E-state index in [0.717, 1.165) is 16.9 Å². The minimum absolute atomic E-state index is 0.0796. The third kappa shape index (κ3) is 4.15. The molecule has 5 nitrogen and oxygen atoms in total. The van der Waals surface area contributed by atoms with Gasteiger partial charge in [0.05, 0.1) is 4.92 Å². The van der Waals surface area contributed by atoms with Gasteiger partial charge in [-0.3, -0.25) is 10.1 Å². The van der Waals surface area contributed by atoms with Crippen LogP contribution in [0.5, 0.6) is 5.75 Å². The van der Waals surface area contributed by atoms with E-state index >= 15 is 0 Å². The number of benzene rings is 2. The van der Waals surface area contributed by atoms with Crippen LogP contribution in [-0.4, -0.2) is 18.8 Å². The Morgan fingerprint density at radius 3 is 2.48 bits per heavy atom. The molecular formula is C16H15NO4. The highest BCUT2D eigenvalue weighted by Gasteiger charge is 2.03. The monoisotopic (exact) mass is 285 g/mol. The van der Waals surface area contributed by atoms with Crippen LogP contribution in [0.1, 0.15) is 11.1 Å². The van der Waals surface area contributed by atoms with Gasteiger partial charge in [-0.05, 0) is 23.8 Å². The van der Waals surface area contributed by atoms with Gasteiger partial charge in [0.15, 0.2) is 6.79 Å². The Bertz CT molecular complexity index is 635. The molecule has 0 aliphatic rings. The zero-order valence-corrected chi connectivity index (χ0v) is 11.6. The second-order valence-corrected chi connectivity index (χ2v) is 4.27. The van der Waals surface area contributed by atoms with Crippen molar-refractivity contribution in [3.05, 3.63) is 69.8 Å². The smallest absolute Gasteiger partial charge is 0.269 e. The van der Waals surface area contributed by atoms with E-state index in [-0.39, 0.29) is 12.5 Å². The molecule has 2 rings (SSSR count). The highest BCUT2D eigenvalue weighted by Crippen LogP contribution is 2.21.